The van der Waals surface area contributed by atoms with Crippen LogP contribution >= 0.6 is 0 Å². The second-order valence-electron chi connectivity index (χ2n) is 10.7. The van der Waals surface area contributed by atoms with Crippen molar-refractivity contribution in [1.82, 2.24) is 9.62 Å². The first-order valence-electron chi connectivity index (χ1n) is 11.9. The third-order valence-corrected chi connectivity index (χ3v) is 8.63. The molecule has 0 saturated heterocycles. The highest BCUT2D eigenvalue weighted by atomic mass is 32.2. The summed E-state index contributed by atoms with van der Waals surface area (Å²) in [6.07, 6.45) is 4.19. The maximum Gasteiger partial charge on any atom is 0.290 e. The van der Waals surface area contributed by atoms with Gasteiger partial charge in [0.05, 0.1) is 6.04 Å². The number of carbonyl (C=O) groups is 1. The zero-order valence-electron chi connectivity index (χ0n) is 20.1. The average Bonchev–Trinajstić information content (AvgIpc) is 3.44. The van der Waals surface area contributed by atoms with E-state index in [1.54, 1.807) is 20.8 Å². The summed E-state index contributed by atoms with van der Waals surface area (Å²) in [6, 6.07) is 6.70. The molecule has 1 N–H and O–H groups in total. The standard InChI is InChI=1S/C25H32N2O6S/c1-16-17-13-20-21(32-12-11-31-20)14-18(17)25(9-5-6-10-25)15-27(16)23(28)19-7-8-22(33-19)34(29,30)26-24(2,3)4/h7-8,13-14,16,26H,5-6,9-12,15H2,1-4H3. The highest BCUT2D eigenvalue weighted by Gasteiger charge is 2.47. The minimum Gasteiger partial charge on any atom is -0.486 e. The van der Waals surface area contributed by atoms with Crippen LogP contribution in [0.2, 0.25) is 0 Å². The van der Waals surface area contributed by atoms with E-state index >= 15 is 0 Å². The van der Waals surface area contributed by atoms with Crippen LogP contribution in [0.3, 0.4) is 0 Å². The molecule has 1 unspecified atom stereocenters. The molecule has 1 aromatic carbocycles. The normalized spacial score (nSPS) is 21.5. The van der Waals surface area contributed by atoms with Gasteiger partial charge < -0.3 is 18.8 Å². The molecule has 3 heterocycles. The lowest BCUT2D eigenvalue weighted by Gasteiger charge is -2.46. The first-order valence-corrected chi connectivity index (χ1v) is 13.4. The zero-order chi connectivity index (χ0) is 24.3. The number of fused-ring (bicyclic) bond motifs is 3. The van der Waals surface area contributed by atoms with Gasteiger partial charge in [0.1, 0.15) is 13.2 Å². The Morgan fingerprint density at radius 3 is 2.38 bits per heavy atom. The van der Waals surface area contributed by atoms with Crippen LogP contribution in [0.25, 0.3) is 0 Å². The van der Waals surface area contributed by atoms with E-state index in [1.165, 1.54) is 17.7 Å². The van der Waals surface area contributed by atoms with E-state index in [2.05, 4.69) is 10.8 Å². The first-order chi connectivity index (χ1) is 16.0. The van der Waals surface area contributed by atoms with E-state index in [0.29, 0.717) is 25.5 Å². The van der Waals surface area contributed by atoms with Crippen LogP contribution < -0.4 is 14.2 Å². The number of carbonyl (C=O) groups excluding carboxylic acids is 1. The minimum absolute atomic E-state index is 0.0234. The summed E-state index contributed by atoms with van der Waals surface area (Å²) in [4.78, 5) is 15.5. The van der Waals surface area contributed by atoms with Crippen molar-refractivity contribution in [3.05, 3.63) is 41.2 Å². The fourth-order valence-electron chi connectivity index (χ4n) is 5.53. The number of sulfonamides is 1. The number of rotatable bonds is 3. The molecule has 1 fully saturated rings. The predicted octanol–water partition coefficient (Wildman–Crippen LogP) is 4.16. The fraction of sp³-hybridized carbons (Fsp3) is 0.560. The van der Waals surface area contributed by atoms with Crippen molar-refractivity contribution < 1.29 is 27.1 Å². The molecule has 9 heteroatoms. The van der Waals surface area contributed by atoms with Gasteiger partial charge >= 0.3 is 0 Å². The van der Waals surface area contributed by atoms with Crippen molar-refractivity contribution in [3.8, 4) is 11.5 Å². The van der Waals surface area contributed by atoms with Gasteiger partial charge in [0.2, 0.25) is 5.09 Å². The third kappa shape index (κ3) is 3.98. The van der Waals surface area contributed by atoms with Gasteiger partial charge in [-0.1, -0.05) is 12.8 Å². The lowest BCUT2D eigenvalue weighted by Crippen LogP contribution is -2.48. The summed E-state index contributed by atoms with van der Waals surface area (Å²) < 4.78 is 45.2. The van der Waals surface area contributed by atoms with Gasteiger partial charge in [-0.2, -0.15) is 0 Å². The van der Waals surface area contributed by atoms with Gasteiger partial charge in [-0.05, 0) is 75.9 Å². The van der Waals surface area contributed by atoms with Crippen molar-refractivity contribution >= 4 is 15.9 Å². The van der Waals surface area contributed by atoms with Gasteiger partial charge in [-0.3, -0.25) is 4.79 Å². The quantitative estimate of drug-likeness (QED) is 0.697. The topological polar surface area (TPSA) is 98.1 Å². The van der Waals surface area contributed by atoms with Crippen LogP contribution in [-0.2, 0) is 15.4 Å². The maximum atomic E-state index is 13.6. The maximum absolute atomic E-state index is 13.6. The third-order valence-electron chi connectivity index (χ3n) is 7.00. The second kappa shape index (κ2) is 8.02. The Labute approximate surface area is 200 Å². The molecular weight excluding hydrogens is 456 g/mol. The fourth-order valence-corrected chi connectivity index (χ4v) is 6.88. The lowest BCUT2D eigenvalue weighted by molar-refractivity contribution is 0.0555. The van der Waals surface area contributed by atoms with E-state index in [9.17, 15) is 13.2 Å². The van der Waals surface area contributed by atoms with Crippen molar-refractivity contribution in [2.24, 2.45) is 0 Å². The molecule has 3 aliphatic rings. The highest BCUT2D eigenvalue weighted by Crippen LogP contribution is 2.52. The van der Waals surface area contributed by atoms with Crippen LogP contribution in [0.4, 0.5) is 0 Å². The summed E-state index contributed by atoms with van der Waals surface area (Å²) in [5.74, 6) is 1.20. The van der Waals surface area contributed by atoms with E-state index in [1.807, 2.05) is 17.9 Å². The number of nitrogens with one attached hydrogen (secondary N) is 1. The molecular formula is C25H32N2O6S. The number of hydrogen-bond donors (Lipinski definition) is 1. The molecule has 184 valence electrons. The van der Waals surface area contributed by atoms with Gasteiger partial charge in [0.25, 0.3) is 15.9 Å². The number of ether oxygens (including phenoxy) is 2. The first kappa shape index (κ1) is 23.2. The van der Waals surface area contributed by atoms with Gasteiger partial charge in [-0.15, -0.1) is 0 Å². The van der Waals surface area contributed by atoms with Crippen molar-refractivity contribution in [2.75, 3.05) is 19.8 Å². The summed E-state index contributed by atoms with van der Waals surface area (Å²) in [7, 11) is -3.87. The van der Waals surface area contributed by atoms with Crippen LogP contribution in [0, 0.1) is 0 Å². The number of nitrogens with zero attached hydrogens (tertiary/aromatic N) is 1. The van der Waals surface area contributed by atoms with Crippen molar-refractivity contribution in [2.45, 2.75) is 75.5 Å². The van der Waals surface area contributed by atoms with E-state index in [4.69, 9.17) is 13.9 Å². The summed E-state index contributed by atoms with van der Waals surface area (Å²) in [5, 5.41) is -0.258. The molecule has 1 atom stereocenters. The number of hydrogen-bond acceptors (Lipinski definition) is 6. The number of benzene rings is 1. The second-order valence-corrected chi connectivity index (χ2v) is 12.3. The number of amides is 1. The molecule has 2 aromatic rings. The molecule has 1 aliphatic carbocycles. The van der Waals surface area contributed by atoms with Gasteiger partial charge in [0, 0.05) is 17.5 Å². The van der Waals surface area contributed by atoms with Gasteiger partial charge in [-0.25, -0.2) is 13.1 Å². The minimum atomic E-state index is -3.87. The Balaban J connectivity index is 1.50. The predicted molar refractivity (Wildman–Crippen MR) is 126 cm³/mol. The smallest absolute Gasteiger partial charge is 0.290 e. The Morgan fingerprint density at radius 2 is 1.74 bits per heavy atom. The largest absolute Gasteiger partial charge is 0.486 e. The molecule has 0 bridgehead atoms. The summed E-state index contributed by atoms with van der Waals surface area (Å²) in [5.41, 5.74) is 1.48. The highest BCUT2D eigenvalue weighted by molar-refractivity contribution is 7.89. The monoisotopic (exact) mass is 488 g/mol. The van der Waals surface area contributed by atoms with Crippen LogP contribution in [-0.4, -0.2) is 44.5 Å². The van der Waals surface area contributed by atoms with Crippen LogP contribution in [0.5, 0.6) is 11.5 Å². The van der Waals surface area contributed by atoms with Crippen LogP contribution in [0.1, 0.15) is 81.1 Å². The van der Waals surface area contributed by atoms with E-state index in [0.717, 1.165) is 37.0 Å². The van der Waals surface area contributed by atoms with E-state index in [-0.39, 0.29) is 28.2 Å². The van der Waals surface area contributed by atoms with E-state index < -0.39 is 15.6 Å². The van der Waals surface area contributed by atoms with Crippen molar-refractivity contribution in [3.63, 3.8) is 0 Å². The number of furan rings is 1. The van der Waals surface area contributed by atoms with Crippen molar-refractivity contribution in [1.29, 1.82) is 0 Å². The molecule has 2 aliphatic heterocycles. The molecule has 1 aromatic heterocycles. The molecule has 5 rings (SSSR count). The lowest BCUT2D eigenvalue weighted by atomic mass is 9.71. The Kier molecular flexibility index (Phi) is 5.48. The summed E-state index contributed by atoms with van der Waals surface area (Å²) in [6.45, 7) is 8.84. The SMILES string of the molecule is CC1c2cc3c(cc2C2(CCCC2)CN1C(=O)c1ccc(S(=O)(=O)NC(C)(C)C)o1)OCCO3. The zero-order valence-corrected chi connectivity index (χ0v) is 21.0. The molecule has 1 saturated carbocycles. The molecule has 34 heavy (non-hydrogen) atoms. The molecule has 8 nitrogen and oxygen atoms in total. The average molecular weight is 489 g/mol. The summed E-state index contributed by atoms with van der Waals surface area (Å²) >= 11 is 0. The Morgan fingerprint density at radius 1 is 1.09 bits per heavy atom. The molecule has 1 spiro atoms. The Bertz CT molecular complexity index is 1220. The van der Waals surface area contributed by atoms with Gasteiger partial charge in [0.15, 0.2) is 17.3 Å². The Hall–Kier alpha value is -2.52. The van der Waals surface area contributed by atoms with Crippen LogP contribution in [0.15, 0.2) is 33.8 Å². The molecule has 0 radical (unpaired) electrons. The molecule has 1 amide bonds.